The fourth-order valence-electron chi connectivity index (χ4n) is 1.16. The molecule has 5 heteroatoms. The van der Waals surface area contributed by atoms with Gasteiger partial charge in [0.15, 0.2) is 11.5 Å². The van der Waals surface area contributed by atoms with E-state index in [1.807, 2.05) is 13.8 Å². The molecule has 0 aromatic carbocycles. The molecule has 1 aromatic rings. The first kappa shape index (κ1) is 11.6. The topological polar surface area (TPSA) is 52.1 Å². The molecule has 1 atom stereocenters. The number of ether oxygens (including phenoxy) is 1. The molecule has 0 saturated carbocycles. The minimum absolute atomic E-state index is 0.0450. The molecule has 0 amide bonds. The van der Waals surface area contributed by atoms with Crippen molar-refractivity contribution >= 4 is 5.97 Å². The maximum absolute atomic E-state index is 13.7. The molecule has 82 valence electrons. The summed E-state index contributed by atoms with van der Waals surface area (Å²) in [6, 6.07) is 0. The highest BCUT2D eigenvalue weighted by atomic mass is 19.1. The molecule has 0 aliphatic heterocycles. The summed E-state index contributed by atoms with van der Waals surface area (Å²) in [5, 5.41) is 0. The maximum Gasteiger partial charge on any atom is 0.359 e. The summed E-state index contributed by atoms with van der Waals surface area (Å²) in [4.78, 5) is 18.5. The standard InChI is InChI=1S/C10H13FN2O2/c1-4-6(2)8-7(11)9(10(14)15-3)13-5-12-8/h5-6H,4H2,1-3H3. The Morgan fingerprint density at radius 1 is 1.60 bits per heavy atom. The monoisotopic (exact) mass is 212 g/mol. The first-order chi connectivity index (χ1) is 7.11. The van der Waals surface area contributed by atoms with Crippen molar-refractivity contribution in [3.63, 3.8) is 0 Å². The quantitative estimate of drug-likeness (QED) is 0.718. The van der Waals surface area contributed by atoms with Gasteiger partial charge in [-0.3, -0.25) is 0 Å². The first-order valence-electron chi connectivity index (χ1n) is 4.70. The third kappa shape index (κ3) is 2.29. The first-order valence-corrected chi connectivity index (χ1v) is 4.70. The molecule has 15 heavy (non-hydrogen) atoms. The van der Waals surface area contributed by atoms with Crippen molar-refractivity contribution in [1.82, 2.24) is 9.97 Å². The third-order valence-corrected chi connectivity index (χ3v) is 2.27. The molecule has 0 aliphatic rings. The lowest BCUT2D eigenvalue weighted by Crippen LogP contribution is -2.12. The average molecular weight is 212 g/mol. The summed E-state index contributed by atoms with van der Waals surface area (Å²) in [6.07, 6.45) is 1.92. The van der Waals surface area contributed by atoms with Gasteiger partial charge in [0.25, 0.3) is 0 Å². The van der Waals surface area contributed by atoms with E-state index in [0.29, 0.717) is 0 Å². The Labute approximate surface area is 87.5 Å². The minimum atomic E-state index is -0.778. The van der Waals surface area contributed by atoms with Gasteiger partial charge in [-0.15, -0.1) is 0 Å². The number of hydrogen-bond acceptors (Lipinski definition) is 4. The second-order valence-corrected chi connectivity index (χ2v) is 3.22. The van der Waals surface area contributed by atoms with E-state index in [2.05, 4.69) is 14.7 Å². The van der Waals surface area contributed by atoms with Crippen molar-refractivity contribution in [2.45, 2.75) is 26.2 Å². The van der Waals surface area contributed by atoms with E-state index in [-0.39, 0.29) is 17.3 Å². The van der Waals surface area contributed by atoms with Crippen LogP contribution in [0.2, 0.25) is 0 Å². The van der Waals surface area contributed by atoms with E-state index in [9.17, 15) is 9.18 Å². The average Bonchev–Trinajstić information content (AvgIpc) is 2.27. The predicted molar refractivity (Wildman–Crippen MR) is 52.0 cm³/mol. The molecular formula is C10H13FN2O2. The van der Waals surface area contributed by atoms with Gasteiger partial charge >= 0.3 is 5.97 Å². The Kier molecular flexibility index (Phi) is 3.71. The van der Waals surface area contributed by atoms with Crippen LogP contribution in [0.1, 0.15) is 42.4 Å². The lowest BCUT2D eigenvalue weighted by Gasteiger charge is -2.09. The van der Waals surface area contributed by atoms with Crippen LogP contribution in [-0.2, 0) is 4.74 Å². The molecule has 0 aliphatic carbocycles. The zero-order valence-corrected chi connectivity index (χ0v) is 8.95. The highest BCUT2D eigenvalue weighted by Crippen LogP contribution is 2.20. The highest BCUT2D eigenvalue weighted by Gasteiger charge is 2.20. The van der Waals surface area contributed by atoms with Gasteiger partial charge in [0, 0.05) is 5.92 Å². The predicted octanol–water partition coefficient (Wildman–Crippen LogP) is 1.92. The smallest absolute Gasteiger partial charge is 0.359 e. The minimum Gasteiger partial charge on any atom is -0.464 e. The van der Waals surface area contributed by atoms with E-state index >= 15 is 0 Å². The van der Waals surface area contributed by atoms with Gasteiger partial charge in [0.2, 0.25) is 0 Å². The lowest BCUT2D eigenvalue weighted by molar-refractivity contribution is 0.0587. The lowest BCUT2D eigenvalue weighted by atomic mass is 10.0. The zero-order valence-electron chi connectivity index (χ0n) is 8.95. The van der Waals surface area contributed by atoms with Crippen molar-refractivity contribution in [2.75, 3.05) is 7.11 Å². The Hall–Kier alpha value is -1.52. The van der Waals surface area contributed by atoms with Crippen LogP contribution in [0.5, 0.6) is 0 Å². The normalized spacial score (nSPS) is 12.3. The van der Waals surface area contributed by atoms with Crippen LogP contribution in [0.25, 0.3) is 0 Å². The largest absolute Gasteiger partial charge is 0.464 e. The fourth-order valence-corrected chi connectivity index (χ4v) is 1.16. The molecule has 0 fully saturated rings. The number of rotatable bonds is 3. The molecule has 0 saturated heterocycles. The van der Waals surface area contributed by atoms with Gasteiger partial charge in [-0.1, -0.05) is 13.8 Å². The number of methoxy groups -OCH3 is 1. The summed E-state index contributed by atoms with van der Waals surface area (Å²) in [6.45, 7) is 3.76. The third-order valence-electron chi connectivity index (χ3n) is 2.27. The molecule has 0 N–H and O–H groups in total. The molecule has 0 bridgehead atoms. The number of hydrogen-bond donors (Lipinski definition) is 0. The second-order valence-electron chi connectivity index (χ2n) is 3.22. The number of halogens is 1. The Balaban J connectivity index is 3.16. The van der Waals surface area contributed by atoms with Crippen molar-refractivity contribution in [3.05, 3.63) is 23.5 Å². The van der Waals surface area contributed by atoms with E-state index < -0.39 is 11.8 Å². The van der Waals surface area contributed by atoms with Crippen LogP contribution in [0.3, 0.4) is 0 Å². The highest BCUT2D eigenvalue weighted by molar-refractivity contribution is 5.87. The van der Waals surface area contributed by atoms with E-state index in [0.717, 1.165) is 6.42 Å². The number of aromatic nitrogens is 2. The molecule has 1 unspecified atom stereocenters. The van der Waals surface area contributed by atoms with Gasteiger partial charge in [-0.2, -0.15) is 0 Å². The molecule has 4 nitrogen and oxygen atoms in total. The Bertz CT molecular complexity index is 368. The van der Waals surface area contributed by atoms with Gasteiger partial charge in [0.05, 0.1) is 12.8 Å². The summed E-state index contributed by atoms with van der Waals surface area (Å²) in [7, 11) is 1.19. The molecule has 1 rings (SSSR count). The molecule has 1 aromatic heterocycles. The van der Waals surface area contributed by atoms with E-state index in [4.69, 9.17) is 0 Å². The molecule has 1 heterocycles. The van der Waals surface area contributed by atoms with Crippen LogP contribution in [0.4, 0.5) is 4.39 Å². The number of esters is 1. The number of carbonyl (C=O) groups is 1. The van der Waals surface area contributed by atoms with Gasteiger partial charge in [0.1, 0.15) is 6.33 Å². The van der Waals surface area contributed by atoms with Crippen molar-refractivity contribution in [2.24, 2.45) is 0 Å². The Morgan fingerprint density at radius 3 is 2.80 bits per heavy atom. The summed E-state index contributed by atoms with van der Waals surface area (Å²) in [5.41, 5.74) is -0.0456. The molecular weight excluding hydrogens is 199 g/mol. The van der Waals surface area contributed by atoms with Crippen LogP contribution in [-0.4, -0.2) is 23.0 Å². The zero-order chi connectivity index (χ0) is 11.4. The molecule has 0 spiro atoms. The summed E-state index contributed by atoms with van der Waals surface area (Å²) in [5.74, 6) is -1.51. The van der Waals surface area contributed by atoms with Crippen LogP contribution in [0, 0.1) is 5.82 Å². The van der Waals surface area contributed by atoms with Crippen LogP contribution >= 0.6 is 0 Å². The van der Waals surface area contributed by atoms with E-state index in [1.54, 1.807) is 0 Å². The number of carbonyl (C=O) groups excluding carboxylic acids is 1. The molecule has 0 radical (unpaired) electrons. The summed E-state index contributed by atoms with van der Waals surface area (Å²) < 4.78 is 18.1. The van der Waals surface area contributed by atoms with Crippen molar-refractivity contribution < 1.29 is 13.9 Å². The van der Waals surface area contributed by atoms with Crippen molar-refractivity contribution in [1.29, 1.82) is 0 Å². The van der Waals surface area contributed by atoms with Crippen molar-refractivity contribution in [3.8, 4) is 0 Å². The maximum atomic E-state index is 13.7. The van der Waals surface area contributed by atoms with Gasteiger partial charge in [-0.25, -0.2) is 19.2 Å². The van der Waals surface area contributed by atoms with E-state index in [1.165, 1.54) is 13.4 Å². The SMILES string of the molecule is CCC(C)c1ncnc(C(=O)OC)c1F. The number of nitrogens with zero attached hydrogens (tertiary/aromatic N) is 2. The van der Waals surface area contributed by atoms with Gasteiger partial charge in [-0.05, 0) is 6.42 Å². The van der Waals surface area contributed by atoms with Gasteiger partial charge < -0.3 is 4.74 Å². The second kappa shape index (κ2) is 4.82. The van der Waals surface area contributed by atoms with Crippen LogP contribution < -0.4 is 0 Å². The fraction of sp³-hybridized carbons (Fsp3) is 0.500. The van der Waals surface area contributed by atoms with Crippen LogP contribution in [0.15, 0.2) is 6.33 Å². The Morgan fingerprint density at radius 2 is 2.27 bits per heavy atom. The summed E-state index contributed by atoms with van der Waals surface area (Å²) >= 11 is 0.